The van der Waals surface area contributed by atoms with Crippen molar-refractivity contribution in [1.29, 1.82) is 0 Å². The smallest absolute Gasteiger partial charge is 0.269 e. The van der Waals surface area contributed by atoms with Crippen LogP contribution in [0, 0.1) is 11.7 Å². The van der Waals surface area contributed by atoms with Crippen LogP contribution in [0.1, 0.15) is 18.4 Å². The van der Waals surface area contributed by atoms with Gasteiger partial charge >= 0.3 is 0 Å². The first-order valence-corrected chi connectivity index (χ1v) is 7.25. The van der Waals surface area contributed by atoms with Crippen LogP contribution in [0.25, 0.3) is 0 Å². The molecular weight excluding hydrogens is 293 g/mol. The predicted octanol–water partition coefficient (Wildman–Crippen LogP) is 2.91. The molecule has 0 amide bonds. The van der Waals surface area contributed by atoms with Gasteiger partial charge in [-0.1, -0.05) is 23.7 Å². The third kappa shape index (κ3) is 3.42. The number of aromatic nitrogens is 2. The maximum Gasteiger partial charge on any atom is 0.269 e. The van der Waals surface area contributed by atoms with Crippen LogP contribution in [0.2, 0.25) is 5.02 Å². The first-order valence-electron chi connectivity index (χ1n) is 6.87. The lowest BCUT2D eigenvalue weighted by atomic mass is 10.2. The van der Waals surface area contributed by atoms with E-state index in [9.17, 15) is 9.18 Å². The van der Waals surface area contributed by atoms with E-state index in [1.807, 2.05) is 0 Å². The van der Waals surface area contributed by atoms with E-state index in [1.165, 1.54) is 29.7 Å². The Hall–Kier alpha value is -1.88. The minimum atomic E-state index is -0.495. The summed E-state index contributed by atoms with van der Waals surface area (Å²) < 4.78 is 14.6. The quantitative estimate of drug-likeness (QED) is 0.924. The molecule has 0 saturated heterocycles. The van der Waals surface area contributed by atoms with Crippen LogP contribution in [0.3, 0.4) is 0 Å². The maximum atomic E-state index is 13.4. The van der Waals surface area contributed by atoms with Crippen LogP contribution in [-0.2, 0) is 6.54 Å². The van der Waals surface area contributed by atoms with Gasteiger partial charge in [-0.2, -0.15) is 5.10 Å². The second-order valence-corrected chi connectivity index (χ2v) is 5.66. The Morgan fingerprint density at radius 1 is 1.43 bits per heavy atom. The Balaban J connectivity index is 1.76. The van der Waals surface area contributed by atoms with Gasteiger partial charge in [-0.25, -0.2) is 9.07 Å². The Morgan fingerprint density at radius 3 is 2.95 bits per heavy atom. The third-order valence-electron chi connectivity index (χ3n) is 3.51. The average molecular weight is 308 g/mol. The molecule has 3 rings (SSSR count). The molecule has 6 heteroatoms. The van der Waals surface area contributed by atoms with Crippen molar-refractivity contribution < 1.29 is 4.39 Å². The molecule has 1 aliphatic rings. The van der Waals surface area contributed by atoms with Gasteiger partial charge in [0.15, 0.2) is 0 Å². The van der Waals surface area contributed by atoms with E-state index in [4.69, 9.17) is 11.6 Å². The van der Waals surface area contributed by atoms with Gasteiger partial charge in [-0.05, 0) is 30.4 Å². The number of benzene rings is 1. The van der Waals surface area contributed by atoms with Crippen LogP contribution < -0.4 is 10.9 Å². The van der Waals surface area contributed by atoms with Crippen molar-refractivity contribution in [3.8, 4) is 0 Å². The van der Waals surface area contributed by atoms with E-state index < -0.39 is 5.82 Å². The van der Waals surface area contributed by atoms with Gasteiger partial charge in [0.2, 0.25) is 0 Å². The lowest BCUT2D eigenvalue weighted by Gasteiger charge is -2.09. The second-order valence-electron chi connectivity index (χ2n) is 5.28. The molecular formula is C15H15ClFN3O. The summed E-state index contributed by atoms with van der Waals surface area (Å²) in [4.78, 5) is 12.0. The van der Waals surface area contributed by atoms with Crippen molar-refractivity contribution in [3.63, 3.8) is 0 Å². The highest BCUT2D eigenvalue weighted by Crippen LogP contribution is 2.28. The fourth-order valence-corrected chi connectivity index (χ4v) is 2.25. The van der Waals surface area contributed by atoms with Gasteiger partial charge in [0.25, 0.3) is 5.56 Å². The zero-order chi connectivity index (χ0) is 14.8. The minimum absolute atomic E-state index is 0.0298. The topological polar surface area (TPSA) is 46.9 Å². The predicted molar refractivity (Wildman–Crippen MR) is 80.2 cm³/mol. The van der Waals surface area contributed by atoms with Gasteiger partial charge in [-0.15, -0.1) is 0 Å². The van der Waals surface area contributed by atoms with E-state index in [1.54, 1.807) is 18.3 Å². The highest BCUT2D eigenvalue weighted by Gasteiger charge is 2.20. The van der Waals surface area contributed by atoms with E-state index in [2.05, 4.69) is 10.4 Å². The summed E-state index contributed by atoms with van der Waals surface area (Å²) in [5.74, 6) is 0.225. The molecule has 1 saturated carbocycles. The molecule has 21 heavy (non-hydrogen) atoms. The highest BCUT2D eigenvalue weighted by atomic mass is 35.5. The average Bonchev–Trinajstić information content (AvgIpc) is 3.28. The highest BCUT2D eigenvalue weighted by molar-refractivity contribution is 6.31. The summed E-state index contributed by atoms with van der Waals surface area (Å²) in [5, 5.41) is 7.33. The molecule has 1 fully saturated rings. The van der Waals surface area contributed by atoms with Crippen LogP contribution in [0.5, 0.6) is 0 Å². The van der Waals surface area contributed by atoms with Crippen LogP contribution in [0.4, 0.5) is 10.1 Å². The number of nitrogens with one attached hydrogen (secondary N) is 1. The molecule has 0 unspecified atom stereocenters. The lowest BCUT2D eigenvalue weighted by Crippen LogP contribution is -2.23. The second kappa shape index (κ2) is 5.85. The summed E-state index contributed by atoms with van der Waals surface area (Å²) in [6.07, 6.45) is 4.10. The number of halogens is 2. The molecule has 0 bridgehead atoms. The van der Waals surface area contributed by atoms with Crippen molar-refractivity contribution in [2.24, 2.45) is 5.92 Å². The van der Waals surface area contributed by atoms with Crippen molar-refractivity contribution in [1.82, 2.24) is 9.78 Å². The number of nitrogens with zero attached hydrogens (tertiary/aromatic N) is 2. The van der Waals surface area contributed by atoms with E-state index >= 15 is 0 Å². The molecule has 0 spiro atoms. The first-order chi connectivity index (χ1) is 10.1. The number of hydrogen-bond acceptors (Lipinski definition) is 3. The Labute approximate surface area is 126 Å². The van der Waals surface area contributed by atoms with Crippen molar-refractivity contribution in [3.05, 3.63) is 57.2 Å². The Morgan fingerprint density at radius 2 is 2.24 bits per heavy atom. The number of rotatable bonds is 5. The van der Waals surface area contributed by atoms with E-state index in [-0.39, 0.29) is 17.1 Å². The van der Waals surface area contributed by atoms with E-state index in [0.29, 0.717) is 11.3 Å². The van der Waals surface area contributed by atoms with Crippen molar-refractivity contribution in [2.45, 2.75) is 19.4 Å². The van der Waals surface area contributed by atoms with Gasteiger partial charge in [0, 0.05) is 12.6 Å². The molecule has 0 radical (unpaired) electrons. The summed E-state index contributed by atoms with van der Waals surface area (Å²) in [6.45, 7) is 1.03. The molecule has 0 aliphatic heterocycles. The van der Waals surface area contributed by atoms with Crippen LogP contribution >= 0.6 is 11.6 Å². The molecule has 0 atom stereocenters. The van der Waals surface area contributed by atoms with E-state index in [0.717, 1.165) is 12.5 Å². The number of hydrogen-bond donors (Lipinski definition) is 1. The monoisotopic (exact) mass is 307 g/mol. The summed E-state index contributed by atoms with van der Waals surface area (Å²) in [6, 6.07) is 6.03. The maximum absolute atomic E-state index is 13.4. The Kier molecular flexibility index (Phi) is 3.92. The largest absolute Gasteiger partial charge is 0.383 e. The molecule has 1 heterocycles. The summed E-state index contributed by atoms with van der Waals surface area (Å²) >= 11 is 5.89. The molecule has 1 N–H and O–H groups in total. The minimum Gasteiger partial charge on any atom is -0.383 e. The molecule has 4 nitrogen and oxygen atoms in total. The fourth-order valence-electron chi connectivity index (χ4n) is 2.07. The molecule has 110 valence electrons. The molecule has 1 aromatic heterocycles. The zero-order valence-corrected chi connectivity index (χ0v) is 12.1. The summed E-state index contributed by atoms with van der Waals surface area (Å²) in [5.41, 5.74) is 1.01. The first kappa shape index (κ1) is 14.1. The zero-order valence-electron chi connectivity index (χ0n) is 11.4. The van der Waals surface area contributed by atoms with Gasteiger partial charge in [-0.3, -0.25) is 4.79 Å². The molecule has 2 aromatic rings. The molecule has 1 aromatic carbocycles. The lowest BCUT2D eigenvalue weighted by molar-refractivity contribution is 0.611. The van der Waals surface area contributed by atoms with Crippen molar-refractivity contribution in [2.75, 3.05) is 11.9 Å². The van der Waals surface area contributed by atoms with Gasteiger partial charge < -0.3 is 5.32 Å². The summed E-state index contributed by atoms with van der Waals surface area (Å²) in [7, 11) is 0. The third-order valence-corrected chi connectivity index (χ3v) is 3.94. The normalized spacial score (nSPS) is 14.2. The molecule has 1 aliphatic carbocycles. The van der Waals surface area contributed by atoms with Crippen LogP contribution in [0.15, 0.2) is 35.3 Å². The van der Waals surface area contributed by atoms with Crippen LogP contribution in [-0.4, -0.2) is 16.3 Å². The van der Waals surface area contributed by atoms with Gasteiger partial charge in [0.1, 0.15) is 5.82 Å². The Bertz CT molecular complexity index is 712. The van der Waals surface area contributed by atoms with Crippen molar-refractivity contribution >= 4 is 17.3 Å². The number of anilines is 1. The standard InChI is InChI=1S/C15H15ClFN3O/c16-15-11(2-1-3-13(15)17)9-20-14(21)6-12(8-19-20)18-7-10-4-5-10/h1-3,6,8,10,18H,4-5,7,9H2. The van der Waals surface area contributed by atoms with Gasteiger partial charge in [0.05, 0.1) is 23.5 Å². The fraction of sp³-hybridized carbons (Fsp3) is 0.333. The SMILES string of the molecule is O=c1cc(NCC2CC2)cnn1Cc1cccc(F)c1Cl.